The van der Waals surface area contributed by atoms with E-state index in [4.69, 9.17) is 17.1 Å². The summed E-state index contributed by atoms with van der Waals surface area (Å²) in [5.41, 5.74) is 0.375. The van der Waals surface area contributed by atoms with E-state index in [9.17, 15) is 9.59 Å². The van der Waals surface area contributed by atoms with Crippen LogP contribution >= 0.6 is 0 Å². The normalized spacial score (nSPS) is 13.8. The van der Waals surface area contributed by atoms with Gasteiger partial charge in [-0.1, -0.05) is 6.58 Å². The van der Waals surface area contributed by atoms with Gasteiger partial charge in [0.15, 0.2) is 0 Å². The summed E-state index contributed by atoms with van der Waals surface area (Å²) in [4.78, 5) is 21.5. The van der Waals surface area contributed by atoms with E-state index in [1.165, 1.54) is 0 Å². The lowest BCUT2D eigenvalue weighted by Gasteiger charge is -2.39. The molecular weight excluding hydrogens is 364 g/mol. The second kappa shape index (κ2) is 7.87. The third-order valence-electron chi connectivity index (χ3n) is 2.41. The number of carbonyl (C=O) groups is 1. The maximum atomic E-state index is 11.5. The number of ether oxygens (including phenoxy) is 1. The first-order chi connectivity index (χ1) is 9.95. The minimum atomic E-state index is -2.66. The number of hydrogen-bond acceptors (Lipinski definition) is 6. The van der Waals surface area contributed by atoms with E-state index in [1.807, 2.05) is 39.3 Å². The molecule has 0 atom stereocenters. The monoisotopic (exact) mass is 396 g/mol. The topological polar surface area (TPSA) is 74.2 Å². The molecule has 0 aliphatic rings. The van der Waals surface area contributed by atoms with Crippen molar-refractivity contribution >= 4 is 40.0 Å². The molecule has 136 valence electrons. The van der Waals surface area contributed by atoms with Gasteiger partial charge in [0.1, 0.15) is 6.23 Å². The van der Waals surface area contributed by atoms with Gasteiger partial charge in [0.2, 0.25) is 8.32 Å². The fourth-order valence-corrected chi connectivity index (χ4v) is 19.0. The highest BCUT2D eigenvalue weighted by atomic mass is 28.5. The third kappa shape index (κ3) is 11.2. The van der Waals surface area contributed by atoms with Crippen molar-refractivity contribution in [2.75, 3.05) is 6.23 Å². The van der Waals surface area contributed by atoms with Gasteiger partial charge in [0, 0.05) is 5.57 Å². The third-order valence-corrected chi connectivity index (χ3v) is 15.3. The van der Waals surface area contributed by atoms with Crippen molar-refractivity contribution in [3.63, 3.8) is 0 Å². The molecule has 23 heavy (non-hydrogen) atoms. The van der Waals surface area contributed by atoms with Gasteiger partial charge in [-0.15, -0.1) is 0 Å². The summed E-state index contributed by atoms with van der Waals surface area (Å²) in [6.45, 7) is 20.3. The van der Waals surface area contributed by atoms with Crippen LogP contribution in [0.5, 0.6) is 0 Å². The van der Waals surface area contributed by atoms with E-state index in [0.717, 1.165) is 0 Å². The number of rotatable bonds is 9. The van der Waals surface area contributed by atoms with Gasteiger partial charge >= 0.3 is 31.7 Å². The van der Waals surface area contributed by atoms with Crippen LogP contribution in [0.2, 0.25) is 52.4 Å². The first-order valence-electron chi connectivity index (χ1n) is 7.60. The molecule has 0 bridgehead atoms. The molecule has 0 aromatic rings. The van der Waals surface area contributed by atoms with Crippen LogP contribution in [-0.2, 0) is 21.9 Å². The van der Waals surface area contributed by atoms with Crippen LogP contribution in [0.25, 0.3) is 0 Å². The van der Waals surface area contributed by atoms with Crippen molar-refractivity contribution in [3.8, 4) is 0 Å². The van der Waals surface area contributed by atoms with E-state index >= 15 is 0 Å². The Balaban J connectivity index is 4.76. The Morgan fingerprint density at radius 2 is 1.35 bits per heavy atom. The molecule has 0 amide bonds. The molecular formula is C13H32O6Si4. The van der Waals surface area contributed by atoms with E-state index in [2.05, 4.69) is 6.58 Å². The average Bonchev–Trinajstić information content (AvgIpc) is 2.18. The summed E-state index contributed by atoms with van der Waals surface area (Å²) in [6, 6.07) is 0. The highest BCUT2D eigenvalue weighted by Crippen LogP contribution is 2.23. The maximum Gasteiger partial charge on any atom is 0.332 e. The predicted molar refractivity (Wildman–Crippen MR) is 101 cm³/mol. The average molecular weight is 397 g/mol. The van der Waals surface area contributed by atoms with Gasteiger partial charge in [0.05, 0.1) is 0 Å². The second-order valence-electron chi connectivity index (χ2n) is 7.67. The molecule has 0 rings (SSSR count). The van der Waals surface area contributed by atoms with Gasteiger partial charge in [-0.25, -0.2) is 4.79 Å². The molecule has 0 aromatic carbocycles. The van der Waals surface area contributed by atoms with Crippen LogP contribution in [0.1, 0.15) is 6.92 Å². The molecule has 0 radical (unpaired) electrons. The van der Waals surface area contributed by atoms with Gasteiger partial charge in [-0.3, -0.25) is 0 Å². The summed E-state index contributed by atoms with van der Waals surface area (Å²) in [5.74, 6) is -0.402. The summed E-state index contributed by atoms with van der Waals surface area (Å²) in [6.07, 6.45) is 0.252. The first kappa shape index (κ1) is 22.9. The molecule has 6 nitrogen and oxygen atoms in total. The van der Waals surface area contributed by atoms with Gasteiger partial charge in [-0.2, -0.15) is 0 Å². The summed E-state index contributed by atoms with van der Waals surface area (Å²) >= 11 is 0. The van der Waals surface area contributed by atoms with Crippen LogP contribution < -0.4 is 0 Å². The van der Waals surface area contributed by atoms with Crippen molar-refractivity contribution in [3.05, 3.63) is 12.2 Å². The zero-order valence-electron chi connectivity index (χ0n) is 15.9. The fraction of sp³-hybridized carbons (Fsp3) is 0.769. The zero-order chi connectivity index (χ0) is 18.7. The summed E-state index contributed by atoms with van der Waals surface area (Å²) < 4.78 is 23.4. The highest BCUT2D eigenvalue weighted by molar-refractivity contribution is 6.88. The Morgan fingerprint density at radius 1 is 0.913 bits per heavy atom. The van der Waals surface area contributed by atoms with Gasteiger partial charge in [-0.05, 0) is 59.3 Å². The lowest BCUT2D eigenvalue weighted by molar-refractivity contribution is -0.137. The minimum absolute atomic E-state index is 0.252. The van der Waals surface area contributed by atoms with Crippen LogP contribution in [0.3, 0.4) is 0 Å². The van der Waals surface area contributed by atoms with E-state index in [0.29, 0.717) is 5.57 Å². The SMILES string of the molecule is C=C(C)C(=O)OC[Si](C)(C)O[Si](C)(C)O[Si](C)(C)O[Si](C)(C)O. The Morgan fingerprint density at radius 3 is 1.74 bits per heavy atom. The van der Waals surface area contributed by atoms with Crippen LogP contribution in [-0.4, -0.2) is 51.0 Å². The lowest BCUT2D eigenvalue weighted by Crippen LogP contribution is -2.57. The quantitative estimate of drug-likeness (QED) is 0.367. The highest BCUT2D eigenvalue weighted by Gasteiger charge is 2.43. The Kier molecular flexibility index (Phi) is 7.84. The smallest absolute Gasteiger partial charge is 0.332 e. The summed E-state index contributed by atoms with van der Waals surface area (Å²) in [5, 5.41) is 0. The van der Waals surface area contributed by atoms with Crippen molar-refractivity contribution in [2.24, 2.45) is 0 Å². The molecule has 0 aromatic heterocycles. The molecule has 0 saturated carbocycles. The maximum absolute atomic E-state index is 11.5. The Labute approximate surface area is 144 Å². The second-order valence-corrected chi connectivity index (χ2v) is 22.4. The fourth-order valence-electron chi connectivity index (χ4n) is 2.29. The molecule has 0 heterocycles. The molecule has 1 N–H and O–H groups in total. The van der Waals surface area contributed by atoms with Crippen molar-refractivity contribution < 1.29 is 26.7 Å². The molecule has 0 aliphatic heterocycles. The molecule has 0 unspecified atom stereocenters. The van der Waals surface area contributed by atoms with Crippen LogP contribution in [0, 0.1) is 0 Å². The van der Waals surface area contributed by atoms with Crippen molar-refractivity contribution in [2.45, 2.75) is 59.3 Å². The minimum Gasteiger partial charge on any atom is -0.463 e. The van der Waals surface area contributed by atoms with Crippen LogP contribution in [0.4, 0.5) is 0 Å². The number of esters is 1. The lowest BCUT2D eigenvalue weighted by atomic mass is 10.4. The number of hydrogen-bond donors (Lipinski definition) is 1. The Hall–Kier alpha value is -0.0825. The Bertz CT molecular complexity index is 442. The van der Waals surface area contributed by atoms with Crippen LogP contribution in [0.15, 0.2) is 12.2 Å². The van der Waals surface area contributed by atoms with E-state index in [-0.39, 0.29) is 6.23 Å². The number of carbonyl (C=O) groups excluding carboxylic acids is 1. The predicted octanol–water partition coefficient (Wildman–Crippen LogP) is 3.00. The van der Waals surface area contributed by atoms with E-state index < -0.39 is 40.0 Å². The van der Waals surface area contributed by atoms with Crippen molar-refractivity contribution in [1.29, 1.82) is 0 Å². The molecule has 0 aliphatic carbocycles. The van der Waals surface area contributed by atoms with Crippen molar-refractivity contribution in [1.82, 2.24) is 0 Å². The standard InChI is InChI=1S/C13H32O6Si4/c1-12(2)13(14)16-11-20(3,4)17-22(7,8)19-23(9,10)18-21(5,6)15/h15H,1,11H2,2-10H3. The molecule has 0 saturated heterocycles. The zero-order valence-corrected chi connectivity index (χ0v) is 19.9. The largest absolute Gasteiger partial charge is 0.463 e. The molecule has 10 heteroatoms. The molecule has 0 fully saturated rings. The van der Waals surface area contributed by atoms with Gasteiger partial charge in [0.25, 0.3) is 0 Å². The molecule has 0 spiro atoms. The summed E-state index contributed by atoms with van der Waals surface area (Å²) in [7, 11) is -9.86. The van der Waals surface area contributed by atoms with E-state index in [1.54, 1.807) is 20.0 Å². The van der Waals surface area contributed by atoms with Gasteiger partial charge < -0.3 is 21.9 Å². The first-order valence-corrected chi connectivity index (χ1v) is 19.2.